The highest BCUT2D eigenvalue weighted by atomic mass is 32.2. The fraction of sp³-hybridized carbons (Fsp3) is 0.364. The summed E-state index contributed by atoms with van der Waals surface area (Å²) in [5.41, 5.74) is 3.47. The smallest absolute Gasteiger partial charge is 0.341 e. The number of rotatable bonds is 9. The van der Waals surface area contributed by atoms with Gasteiger partial charge >= 0.3 is 5.97 Å². The second-order valence-electron chi connectivity index (χ2n) is 7.08. The van der Waals surface area contributed by atoms with Crippen molar-refractivity contribution >= 4 is 51.3 Å². The molecule has 3 aromatic rings. The molecule has 10 heteroatoms. The Kier molecular flexibility index (Phi) is 7.91. The molecular formula is C22H26N4O3S3. The zero-order valence-corrected chi connectivity index (χ0v) is 21.2. The zero-order valence-electron chi connectivity index (χ0n) is 18.8. The van der Waals surface area contributed by atoms with Crippen molar-refractivity contribution in [3.63, 3.8) is 0 Å². The van der Waals surface area contributed by atoms with Crippen LogP contribution < -0.4 is 5.32 Å². The molecule has 32 heavy (non-hydrogen) atoms. The quantitative estimate of drug-likeness (QED) is 0.246. The van der Waals surface area contributed by atoms with Gasteiger partial charge in [-0.3, -0.25) is 9.36 Å². The standard InChI is InChI=1S/C22H26N4O3S3/c1-7-9-26-19(16-10-30-14(5)12(16)3)24-25-22(26)31-11-17(27)23-20-18(21(28)29-8-2)13(4)15(6)32-20/h7,10H,1,8-9,11H2,2-6H3,(H,23,27). The van der Waals surface area contributed by atoms with Crippen LogP contribution in [0, 0.1) is 27.7 Å². The van der Waals surface area contributed by atoms with Gasteiger partial charge in [0, 0.05) is 27.2 Å². The van der Waals surface area contributed by atoms with E-state index in [4.69, 9.17) is 4.74 Å². The highest BCUT2D eigenvalue weighted by Crippen LogP contribution is 2.34. The summed E-state index contributed by atoms with van der Waals surface area (Å²) in [6.45, 7) is 14.3. The summed E-state index contributed by atoms with van der Waals surface area (Å²) in [6, 6.07) is 0. The Hall–Kier alpha value is -2.43. The van der Waals surface area contributed by atoms with Crippen molar-refractivity contribution in [2.75, 3.05) is 17.7 Å². The van der Waals surface area contributed by atoms with Crippen molar-refractivity contribution in [1.82, 2.24) is 14.8 Å². The van der Waals surface area contributed by atoms with Gasteiger partial charge in [0.15, 0.2) is 11.0 Å². The Labute approximate surface area is 199 Å². The number of carbonyl (C=O) groups excluding carboxylic acids is 2. The summed E-state index contributed by atoms with van der Waals surface area (Å²) < 4.78 is 7.11. The molecular weight excluding hydrogens is 464 g/mol. The summed E-state index contributed by atoms with van der Waals surface area (Å²) in [5, 5.41) is 14.8. The Bertz CT molecular complexity index is 1160. The molecule has 0 bridgehead atoms. The van der Waals surface area contributed by atoms with Crippen LogP contribution in [0.15, 0.2) is 23.2 Å². The third kappa shape index (κ3) is 4.97. The third-order valence-corrected chi connectivity index (χ3v) is 8.11. The highest BCUT2D eigenvalue weighted by Gasteiger charge is 2.23. The lowest BCUT2D eigenvalue weighted by Gasteiger charge is -2.09. The number of carbonyl (C=O) groups is 2. The van der Waals surface area contributed by atoms with Crippen LogP contribution in [0.2, 0.25) is 0 Å². The molecule has 0 saturated carbocycles. The van der Waals surface area contributed by atoms with Crippen LogP contribution in [0.25, 0.3) is 11.4 Å². The molecule has 3 heterocycles. The molecule has 0 spiro atoms. The van der Waals surface area contributed by atoms with Crippen LogP contribution in [0.3, 0.4) is 0 Å². The van der Waals surface area contributed by atoms with Crippen LogP contribution in [0.1, 0.15) is 38.2 Å². The van der Waals surface area contributed by atoms with E-state index < -0.39 is 5.97 Å². The minimum absolute atomic E-state index is 0.134. The first kappa shape index (κ1) is 24.2. The molecule has 0 aromatic carbocycles. The fourth-order valence-corrected chi connectivity index (χ4v) is 5.76. The van der Waals surface area contributed by atoms with Gasteiger partial charge in [-0.1, -0.05) is 17.8 Å². The summed E-state index contributed by atoms with van der Waals surface area (Å²) >= 11 is 4.35. The summed E-state index contributed by atoms with van der Waals surface area (Å²) in [7, 11) is 0. The number of thioether (sulfide) groups is 1. The Morgan fingerprint density at radius 3 is 2.59 bits per heavy atom. The molecule has 0 saturated heterocycles. The van der Waals surface area contributed by atoms with Crippen molar-refractivity contribution in [3.05, 3.63) is 44.5 Å². The van der Waals surface area contributed by atoms with Gasteiger partial charge in [0.1, 0.15) is 5.00 Å². The van der Waals surface area contributed by atoms with E-state index >= 15 is 0 Å². The second-order valence-corrected chi connectivity index (χ2v) is 10.3. The number of esters is 1. The first-order chi connectivity index (χ1) is 15.3. The summed E-state index contributed by atoms with van der Waals surface area (Å²) in [4.78, 5) is 27.2. The lowest BCUT2D eigenvalue weighted by molar-refractivity contribution is -0.113. The van der Waals surface area contributed by atoms with Gasteiger partial charge in [-0.25, -0.2) is 4.79 Å². The van der Waals surface area contributed by atoms with Crippen molar-refractivity contribution in [1.29, 1.82) is 0 Å². The molecule has 0 fully saturated rings. The van der Waals surface area contributed by atoms with Gasteiger partial charge in [0.2, 0.25) is 5.91 Å². The fourth-order valence-electron chi connectivity index (χ4n) is 3.08. The number of nitrogens with one attached hydrogen (secondary N) is 1. The van der Waals surface area contributed by atoms with E-state index in [-0.39, 0.29) is 18.3 Å². The van der Waals surface area contributed by atoms with Gasteiger partial charge in [0.05, 0.1) is 17.9 Å². The van der Waals surface area contributed by atoms with E-state index in [2.05, 4.69) is 41.3 Å². The largest absolute Gasteiger partial charge is 0.462 e. The predicted molar refractivity (Wildman–Crippen MR) is 132 cm³/mol. The van der Waals surface area contributed by atoms with E-state index in [0.717, 1.165) is 21.8 Å². The van der Waals surface area contributed by atoms with E-state index in [1.165, 1.54) is 33.5 Å². The number of nitrogens with zero attached hydrogens (tertiary/aromatic N) is 3. The molecule has 0 unspecified atom stereocenters. The second kappa shape index (κ2) is 10.5. The minimum Gasteiger partial charge on any atom is -0.462 e. The van der Waals surface area contributed by atoms with Crippen LogP contribution in [0.5, 0.6) is 0 Å². The highest BCUT2D eigenvalue weighted by molar-refractivity contribution is 7.99. The molecule has 0 aliphatic rings. The number of anilines is 1. The van der Waals surface area contributed by atoms with Crippen molar-refractivity contribution < 1.29 is 14.3 Å². The third-order valence-electron chi connectivity index (χ3n) is 5.01. The molecule has 3 aromatic heterocycles. The van der Waals surface area contributed by atoms with Crippen LogP contribution in [-0.4, -0.2) is 39.0 Å². The van der Waals surface area contributed by atoms with E-state index in [1.807, 2.05) is 18.4 Å². The lowest BCUT2D eigenvalue weighted by atomic mass is 10.1. The summed E-state index contributed by atoms with van der Waals surface area (Å²) in [6.07, 6.45) is 1.79. The molecule has 1 N–H and O–H groups in total. The number of amides is 1. The van der Waals surface area contributed by atoms with Gasteiger partial charge in [-0.05, 0) is 45.7 Å². The van der Waals surface area contributed by atoms with Crippen molar-refractivity contribution in [2.45, 2.75) is 46.3 Å². The maximum absolute atomic E-state index is 12.7. The number of allylic oxidation sites excluding steroid dienone is 1. The topological polar surface area (TPSA) is 86.1 Å². The van der Waals surface area contributed by atoms with E-state index in [1.54, 1.807) is 24.3 Å². The normalized spacial score (nSPS) is 10.9. The number of ether oxygens (including phenoxy) is 1. The predicted octanol–water partition coefficient (Wildman–Crippen LogP) is 5.40. The van der Waals surface area contributed by atoms with Crippen LogP contribution in [0.4, 0.5) is 5.00 Å². The van der Waals surface area contributed by atoms with E-state index in [9.17, 15) is 9.59 Å². The van der Waals surface area contributed by atoms with Gasteiger partial charge in [-0.2, -0.15) is 0 Å². The summed E-state index contributed by atoms with van der Waals surface area (Å²) in [5.74, 6) is 0.256. The number of aryl methyl sites for hydroxylation is 2. The monoisotopic (exact) mass is 490 g/mol. The van der Waals surface area contributed by atoms with E-state index in [0.29, 0.717) is 22.3 Å². The molecule has 0 radical (unpaired) electrons. The van der Waals surface area contributed by atoms with Crippen molar-refractivity contribution in [3.8, 4) is 11.4 Å². The molecule has 3 rings (SSSR count). The lowest BCUT2D eigenvalue weighted by Crippen LogP contribution is -2.17. The maximum atomic E-state index is 12.7. The van der Waals surface area contributed by atoms with Crippen molar-refractivity contribution in [2.24, 2.45) is 0 Å². The maximum Gasteiger partial charge on any atom is 0.341 e. The molecule has 1 amide bonds. The first-order valence-electron chi connectivity index (χ1n) is 10.1. The Morgan fingerprint density at radius 1 is 1.22 bits per heavy atom. The first-order valence-corrected chi connectivity index (χ1v) is 12.8. The minimum atomic E-state index is -0.422. The number of hydrogen-bond donors (Lipinski definition) is 1. The van der Waals surface area contributed by atoms with Crippen LogP contribution in [-0.2, 0) is 16.1 Å². The number of aromatic nitrogens is 3. The molecule has 0 aliphatic heterocycles. The number of hydrogen-bond acceptors (Lipinski definition) is 8. The Morgan fingerprint density at radius 2 is 1.97 bits per heavy atom. The Balaban J connectivity index is 1.76. The molecule has 0 aliphatic carbocycles. The molecule has 170 valence electrons. The van der Waals surface area contributed by atoms with Crippen LogP contribution >= 0.6 is 34.4 Å². The molecule has 7 nitrogen and oxygen atoms in total. The number of thiophene rings is 2. The van der Waals surface area contributed by atoms with Gasteiger partial charge in [0.25, 0.3) is 0 Å². The average Bonchev–Trinajstić information content (AvgIpc) is 3.38. The molecule has 0 atom stereocenters. The SMILES string of the molecule is C=CCn1c(SCC(=O)Nc2sc(C)c(C)c2C(=O)OCC)nnc1-c1csc(C)c1C. The zero-order chi connectivity index (χ0) is 23.4. The van der Waals surface area contributed by atoms with Gasteiger partial charge in [-0.15, -0.1) is 39.4 Å². The average molecular weight is 491 g/mol. The van der Waals surface area contributed by atoms with Gasteiger partial charge < -0.3 is 10.1 Å².